The van der Waals surface area contributed by atoms with E-state index in [4.69, 9.17) is 21.0 Å². The molecule has 0 radical (unpaired) electrons. The van der Waals surface area contributed by atoms with E-state index in [-0.39, 0.29) is 11.1 Å². The lowest BCUT2D eigenvalue weighted by molar-refractivity contribution is 1.33. The first-order chi connectivity index (χ1) is 10.8. The molecule has 0 fully saturated rings. The number of rotatable bonds is 0. The molecule has 5 nitrogen and oxygen atoms in total. The molecule has 0 aliphatic heterocycles. The van der Waals surface area contributed by atoms with Gasteiger partial charge in [0.1, 0.15) is 35.4 Å². The molecule has 5 heteroatoms. The highest BCUT2D eigenvalue weighted by Gasteiger charge is 1.95. The first kappa shape index (κ1) is 16.1. The van der Waals surface area contributed by atoms with Gasteiger partial charge >= 0.3 is 0 Å². The molecule has 0 saturated carbocycles. The molecule has 0 aliphatic carbocycles. The van der Waals surface area contributed by atoms with Crippen molar-refractivity contribution in [1.82, 2.24) is 4.98 Å². The maximum absolute atomic E-state index is 8.63. The Hall–Kier alpha value is -3.93. The number of benzene rings is 1. The van der Waals surface area contributed by atoms with Gasteiger partial charge in [-0.25, -0.2) is 0 Å². The summed E-state index contributed by atoms with van der Waals surface area (Å²) in [6.07, 6.45) is 3.50. The third-order valence-electron chi connectivity index (χ3n) is 2.48. The molecule has 0 bridgehead atoms. The topological polar surface area (TPSA) is 108 Å². The van der Waals surface area contributed by atoms with Gasteiger partial charge in [-0.2, -0.15) is 21.0 Å². The Balaban J connectivity index is 0.000000335. The summed E-state index contributed by atoms with van der Waals surface area (Å²) in [6, 6.07) is 18.9. The second-order valence-electron chi connectivity index (χ2n) is 3.80. The van der Waals surface area contributed by atoms with Gasteiger partial charge in [-0.15, -0.1) is 0 Å². The van der Waals surface area contributed by atoms with Crippen LogP contribution in [0.5, 0.6) is 0 Å². The molecule has 1 aromatic carbocycles. The molecule has 0 atom stereocenters. The summed E-state index contributed by atoms with van der Waals surface area (Å²) in [6.45, 7) is 0. The normalized spacial score (nSPS) is 7.82. The Bertz CT molecular complexity index is 772. The van der Waals surface area contributed by atoms with E-state index in [1.165, 1.54) is 24.3 Å². The fourth-order valence-electron chi connectivity index (χ4n) is 1.42. The highest BCUT2D eigenvalue weighted by atomic mass is 14.6. The highest BCUT2D eigenvalue weighted by Crippen LogP contribution is 1.88. The largest absolute Gasteiger partial charge is 0.265 e. The van der Waals surface area contributed by atoms with Crippen LogP contribution in [0, 0.1) is 45.3 Å². The molecule has 0 saturated heterocycles. The fourth-order valence-corrected chi connectivity index (χ4v) is 1.42. The second kappa shape index (κ2) is 9.05. The fraction of sp³-hybridized carbons (Fsp3) is 0. The van der Waals surface area contributed by atoms with Crippen LogP contribution in [0.3, 0.4) is 0 Å². The molecule has 0 spiro atoms. The predicted octanol–water partition coefficient (Wildman–Crippen LogP) is 1.16. The van der Waals surface area contributed by atoms with Gasteiger partial charge in [0.05, 0.1) is 0 Å². The van der Waals surface area contributed by atoms with E-state index in [2.05, 4.69) is 4.98 Å². The van der Waals surface area contributed by atoms with Crippen molar-refractivity contribution < 1.29 is 0 Å². The zero-order valence-corrected chi connectivity index (χ0v) is 11.4. The summed E-state index contributed by atoms with van der Waals surface area (Å²) in [5.41, 5.74) is 0.00373. The average molecular weight is 283 g/mol. The van der Waals surface area contributed by atoms with Gasteiger partial charge in [0.2, 0.25) is 0 Å². The number of hydrogen-bond acceptors (Lipinski definition) is 5. The summed E-state index contributed by atoms with van der Waals surface area (Å²) in [4.78, 5) is 3.78. The van der Waals surface area contributed by atoms with Crippen molar-refractivity contribution in [1.29, 1.82) is 21.0 Å². The van der Waals surface area contributed by atoms with Crippen molar-refractivity contribution in [3.05, 3.63) is 65.3 Å². The van der Waals surface area contributed by atoms with Gasteiger partial charge in [0.25, 0.3) is 0 Å². The van der Waals surface area contributed by atoms with Gasteiger partial charge in [-0.3, -0.25) is 4.98 Å². The van der Waals surface area contributed by atoms with Gasteiger partial charge in [0, 0.05) is 22.8 Å². The number of nitrogens with zero attached hydrogens (tertiary/aromatic N) is 5. The van der Waals surface area contributed by atoms with E-state index >= 15 is 0 Å². The van der Waals surface area contributed by atoms with Crippen LogP contribution in [0.2, 0.25) is 0 Å². The third kappa shape index (κ3) is 4.63. The molecule has 2 aromatic rings. The minimum atomic E-state index is 0.00187. The third-order valence-corrected chi connectivity index (χ3v) is 2.48. The van der Waals surface area contributed by atoms with E-state index in [1.807, 2.05) is 18.2 Å². The molecule has 102 valence electrons. The van der Waals surface area contributed by atoms with Crippen LogP contribution in [0.4, 0.5) is 0 Å². The van der Waals surface area contributed by atoms with Crippen LogP contribution in [0.15, 0.2) is 54.9 Å². The molecule has 1 aromatic heterocycles. The number of pyridine rings is 1. The van der Waals surface area contributed by atoms with Crippen LogP contribution in [0.1, 0.15) is 0 Å². The Morgan fingerprint density at radius 2 is 1.00 bits per heavy atom. The van der Waals surface area contributed by atoms with Crippen molar-refractivity contribution >= 4 is 11.1 Å². The minimum Gasteiger partial charge on any atom is -0.265 e. The summed E-state index contributed by atoms with van der Waals surface area (Å²) in [5.74, 6) is 0. The molecular formula is C17H9N5. The number of aromatic nitrogens is 1. The molecule has 0 amide bonds. The molecule has 0 N–H and O–H groups in total. The van der Waals surface area contributed by atoms with Crippen LogP contribution >= 0.6 is 0 Å². The molecular weight excluding hydrogens is 274 g/mol. The first-order valence-electron chi connectivity index (χ1n) is 6.07. The standard InChI is InChI=1S/C12H4N4.C5H5N/c13-5-11(6-14)9-1-2-10(4-3-9)12(7-15)8-16;1-2-4-6-5-3-1/h1-4H;1-5H. The van der Waals surface area contributed by atoms with E-state index in [1.54, 1.807) is 36.7 Å². The van der Waals surface area contributed by atoms with Gasteiger partial charge in [0.15, 0.2) is 0 Å². The Morgan fingerprint density at radius 1 is 0.636 bits per heavy atom. The minimum absolute atomic E-state index is 0.00187. The zero-order valence-electron chi connectivity index (χ0n) is 11.4. The SMILES string of the molecule is N#CC(C#N)=c1ccc(=C(C#N)C#N)cc1.c1ccncc1. The zero-order chi connectivity index (χ0) is 16.2. The quantitative estimate of drug-likeness (QED) is 0.720. The van der Waals surface area contributed by atoms with Crippen LogP contribution < -0.4 is 10.4 Å². The average Bonchev–Trinajstić information content (AvgIpc) is 2.60. The lowest BCUT2D eigenvalue weighted by Gasteiger charge is -1.88. The molecule has 1 heterocycles. The van der Waals surface area contributed by atoms with Crippen LogP contribution in [-0.2, 0) is 0 Å². The molecule has 2 rings (SSSR count). The molecule has 0 unspecified atom stereocenters. The van der Waals surface area contributed by atoms with Crippen molar-refractivity contribution in [2.75, 3.05) is 0 Å². The predicted molar refractivity (Wildman–Crippen MR) is 79.2 cm³/mol. The van der Waals surface area contributed by atoms with E-state index in [0.29, 0.717) is 10.4 Å². The molecule has 0 aliphatic rings. The van der Waals surface area contributed by atoms with Gasteiger partial charge < -0.3 is 0 Å². The number of hydrogen-bond donors (Lipinski definition) is 0. The monoisotopic (exact) mass is 283 g/mol. The highest BCUT2D eigenvalue weighted by molar-refractivity contribution is 5.74. The van der Waals surface area contributed by atoms with Crippen molar-refractivity contribution in [3.8, 4) is 24.3 Å². The Labute approximate surface area is 127 Å². The van der Waals surface area contributed by atoms with E-state index < -0.39 is 0 Å². The summed E-state index contributed by atoms with van der Waals surface area (Å²) >= 11 is 0. The van der Waals surface area contributed by atoms with Gasteiger partial charge in [-0.1, -0.05) is 30.3 Å². The van der Waals surface area contributed by atoms with E-state index in [0.717, 1.165) is 0 Å². The molecule has 22 heavy (non-hydrogen) atoms. The lowest BCUT2D eigenvalue weighted by Crippen LogP contribution is -2.11. The number of nitriles is 4. The first-order valence-corrected chi connectivity index (χ1v) is 6.07. The summed E-state index contributed by atoms with van der Waals surface area (Å²) < 4.78 is 0. The van der Waals surface area contributed by atoms with Crippen molar-refractivity contribution in [2.24, 2.45) is 0 Å². The van der Waals surface area contributed by atoms with Crippen molar-refractivity contribution in [2.45, 2.75) is 0 Å². The maximum atomic E-state index is 8.63. The van der Waals surface area contributed by atoms with Crippen molar-refractivity contribution in [3.63, 3.8) is 0 Å². The van der Waals surface area contributed by atoms with Gasteiger partial charge in [-0.05, 0) is 12.1 Å². The maximum Gasteiger partial charge on any atom is 0.136 e. The lowest BCUT2D eigenvalue weighted by atomic mass is 10.1. The summed E-state index contributed by atoms with van der Waals surface area (Å²) in [7, 11) is 0. The smallest absolute Gasteiger partial charge is 0.136 e. The Morgan fingerprint density at radius 3 is 1.18 bits per heavy atom. The van der Waals surface area contributed by atoms with Crippen LogP contribution in [-0.4, -0.2) is 4.98 Å². The van der Waals surface area contributed by atoms with E-state index in [9.17, 15) is 0 Å². The van der Waals surface area contributed by atoms with Crippen LogP contribution in [0.25, 0.3) is 11.1 Å². The summed E-state index contributed by atoms with van der Waals surface area (Å²) in [5, 5.41) is 35.5. The Kier molecular flexibility index (Phi) is 6.63. The second-order valence-corrected chi connectivity index (χ2v) is 3.80.